The fourth-order valence-corrected chi connectivity index (χ4v) is 5.45. The summed E-state index contributed by atoms with van der Waals surface area (Å²) in [6, 6.07) is 25.9. The molecule has 6 rings (SSSR count). The van der Waals surface area contributed by atoms with Gasteiger partial charge in [0.15, 0.2) is 0 Å². The molecule has 1 N–H and O–H groups in total. The van der Waals surface area contributed by atoms with Crippen molar-refractivity contribution in [2.45, 2.75) is 38.3 Å². The first-order valence-corrected chi connectivity index (χ1v) is 12.5. The first-order valence-electron chi connectivity index (χ1n) is 12.2. The van der Waals surface area contributed by atoms with Crippen LogP contribution in [-0.2, 0) is 24.4 Å². The molecule has 0 amide bonds. The van der Waals surface area contributed by atoms with Gasteiger partial charge in [0.25, 0.3) is 0 Å². The van der Waals surface area contributed by atoms with Crippen LogP contribution in [0.4, 0.5) is 0 Å². The molecule has 0 radical (unpaired) electrons. The lowest BCUT2D eigenvalue weighted by Gasteiger charge is -2.22. The van der Waals surface area contributed by atoms with Crippen molar-refractivity contribution in [1.29, 1.82) is 0 Å². The van der Waals surface area contributed by atoms with Crippen LogP contribution in [0, 0.1) is 0 Å². The minimum Gasteiger partial charge on any atom is -0.487 e. The lowest BCUT2D eigenvalue weighted by molar-refractivity contribution is -0.139. The number of nitrogens with zero attached hydrogens (tertiary/aromatic N) is 2. The Morgan fingerprint density at radius 2 is 1.89 bits per heavy atom. The van der Waals surface area contributed by atoms with Gasteiger partial charge >= 0.3 is 5.97 Å². The summed E-state index contributed by atoms with van der Waals surface area (Å²) in [5.41, 5.74) is 5.94. The molecule has 36 heavy (non-hydrogen) atoms. The highest BCUT2D eigenvalue weighted by atomic mass is 35.5. The number of para-hydroxylation sites is 1. The highest BCUT2D eigenvalue weighted by Gasteiger charge is 2.32. The molecule has 0 saturated carbocycles. The number of carboxylic acids is 1. The summed E-state index contributed by atoms with van der Waals surface area (Å²) in [4.78, 5) is 16.9. The van der Waals surface area contributed by atoms with Crippen LogP contribution < -0.4 is 4.74 Å². The van der Waals surface area contributed by atoms with Crippen LogP contribution in [0.15, 0.2) is 78.9 Å². The van der Waals surface area contributed by atoms with Gasteiger partial charge in [-0.25, -0.2) is 4.98 Å². The lowest BCUT2D eigenvalue weighted by Crippen LogP contribution is -2.21. The third-order valence-electron chi connectivity index (χ3n) is 7.03. The number of fused-ring (bicyclic) bond motifs is 4. The zero-order valence-corrected chi connectivity index (χ0v) is 20.4. The SMILES string of the molecule is O=C(O)C1CCCc2c1n(Cc1ccc(Cl)cc1)c1ccc(OCc3ccc4ccccc4n3)cc21. The molecule has 1 unspecified atom stereocenters. The molecule has 2 heterocycles. The molecule has 0 saturated heterocycles. The van der Waals surface area contributed by atoms with Gasteiger partial charge in [-0.05, 0) is 72.9 Å². The molecule has 3 aromatic carbocycles. The minimum absolute atomic E-state index is 0.363. The monoisotopic (exact) mass is 496 g/mol. The van der Waals surface area contributed by atoms with Gasteiger partial charge in [0.05, 0.1) is 17.1 Å². The second kappa shape index (κ2) is 9.32. The van der Waals surface area contributed by atoms with Crippen molar-refractivity contribution in [3.63, 3.8) is 0 Å². The number of aliphatic carboxylic acids is 1. The molecule has 1 atom stereocenters. The summed E-state index contributed by atoms with van der Waals surface area (Å²) in [5, 5.41) is 12.9. The number of rotatable bonds is 6. The first-order chi connectivity index (χ1) is 17.6. The number of hydrogen-bond acceptors (Lipinski definition) is 3. The maximum absolute atomic E-state index is 12.2. The van der Waals surface area contributed by atoms with Crippen LogP contribution in [0.5, 0.6) is 5.75 Å². The predicted octanol–water partition coefficient (Wildman–Crippen LogP) is 6.97. The van der Waals surface area contributed by atoms with Crippen LogP contribution in [-0.4, -0.2) is 20.6 Å². The van der Waals surface area contributed by atoms with E-state index < -0.39 is 11.9 Å². The third kappa shape index (κ3) is 4.20. The van der Waals surface area contributed by atoms with E-state index in [-0.39, 0.29) is 0 Å². The Hall–Kier alpha value is -3.83. The molecule has 1 aliphatic carbocycles. The Morgan fingerprint density at radius 1 is 1.06 bits per heavy atom. The second-order valence-corrected chi connectivity index (χ2v) is 9.76. The van der Waals surface area contributed by atoms with Crippen LogP contribution in [0.1, 0.15) is 41.3 Å². The Balaban J connectivity index is 1.36. The highest BCUT2D eigenvalue weighted by Crippen LogP contribution is 2.40. The van der Waals surface area contributed by atoms with E-state index in [1.165, 1.54) is 0 Å². The summed E-state index contributed by atoms with van der Waals surface area (Å²) in [6.45, 7) is 0.954. The molecule has 2 aromatic heterocycles. The van der Waals surface area contributed by atoms with Crippen molar-refractivity contribution < 1.29 is 14.6 Å². The second-order valence-electron chi connectivity index (χ2n) is 9.32. The molecular formula is C30H25ClN2O3. The lowest BCUT2D eigenvalue weighted by atomic mass is 9.86. The largest absolute Gasteiger partial charge is 0.487 e. The molecule has 0 spiro atoms. The standard InChI is InChI=1S/C30H25ClN2O3/c31-21-11-8-19(9-12-21)17-33-28-15-14-23(16-26(28)24-5-3-6-25(29(24)33)30(34)35)36-18-22-13-10-20-4-1-2-7-27(20)32-22/h1-2,4,7-16,25H,3,5-6,17-18H2,(H,34,35). The molecule has 5 nitrogen and oxygen atoms in total. The molecular weight excluding hydrogens is 472 g/mol. The quantitative estimate of drug-likeness (QED) is 0.275. The molecule has 0 aliphatic heterocycles. The fraction of sp³-hybridized carbons (Fsp3) is 0.200. The summed E-state index contributed by atoms with van der Waals surface area (Å²) < 4.78 is 8.32. The van der Waals surface area contributed by atoms with Crippen LogP contribution >= 0.6 is 11.6 Å². The number of hydrogen-bond donors (Lipinski definition) is 1. The number of aromatic nitrogens is 2. The molecule has 1 aliphatic rings. The Morgan fingerprint density at radius 3 is 2.72 bits per heavy atom. The zero-order valence-electron chi connectivity index (χ0n) is 19.7. The predicted molar refractivity (Wildman–Crippen MR) is 142 cm³/mol. The van der Waals surface area contributed by atoms with Crippen LogP contribution in [0.3, 0.4) is 0 Å². The maximum Gasteiger partial charge on any atom is 0.312 e. The smallest absolute Gasteiger partial charge is 0.312 e. The zero-order chi connectivity index (χ0) is 24.6. The summed E-state index contributed by atoms with van der Waals surface area (Å²) in [7, 11) is 0. The van der Waals surface area contributed by atoms with E-state index in [0.29, 0.717) is 24.6 Å². The fourth-order valence-electron chi connectivity index (χ4n) is 5.32. The van der Waals surface area contributed by atoms with Crippen molar-refractivity contribution >= 4 is 39.4 Å². The average molecular weight is 497 g/mol. The van der Waals surface area contributed by atoms with Crippen molar-refractivity contribution in [3.05, 3.63) is 106 Å². The number of aryl methyl sites for hydroxylation is 1. The highest BCUT2D eigenvalue weighted by molar-refractivity contribution is 6.30. The Bertz CT molecular complexity index is 1590. The topological polar surface area (TPSA) is 64.3 Å². The molecule has 6 heteroatoms. The van der Waals surface area contributed by atoms with Gasteiger partial charge in [-0.3, -0.25) is 4.79 Å². The van der Waals surface area contributed by atoms with Crippen molar-refractivity contribution in [2.75, 3.05) is 0 Å². The number of carboxylic acid groups (broad SMARTS) is 1. The van der Waals surface area contributed by atoms with Gasteiger partial charge in [-0.15, -0.1) is 0 Å². The third-order valence-corrected chi connectivity index (χ3v) is 7.28. The normalized spacial score (nSPS) is 15.2. The van der Waals surface area contributed by atoms with Gasteiger partial charge in [-0.2, -0.15) is 0 Å². The summed E-state index contributed by atoms with van der Waals surface area (Å²) in [5.74, 6) is -0.532. The van der Waals surface area contributed by atoms with E-state index >= 15 is 0 Å². The van der Waals surface area contributed by atoms with Gasteiger partial charge < -0.3 is 14.4 Å². The van der Waals surface area contributed by atoms with Crippen LogP contribution in [0.25, 0.3) is 21.8 Å². The molecule has 0 bridgehead atoms. The molecule has 0 fully saturated rings. The van der Waals surface area contributed by atoms with E-state index in [1.807, 2.05) is 66.7 Å². The number of carbonyl (C=O) groups is 1. The average Bonchev–Trinajstić information content (AvgIpc) is 3.21. The maximum atomic E-state index is 12.2. The van der Waals surface area contributed by atoms with Gasteiger partial charge in [0.1, 0.15) is 12.4 Å². The summed E-state index contributed by atoms with van der Waals surface area (Å²) in [6.07, 6.45) is 2.37. The van der Waals surface area contributed by atoms with Gasteiger partial charge in [0.2, 0.25) is 0 Å². The van der Waals surface area contributed by atoms with Crippen molar-refractivity contribution in [1.82, 2.24) is 9.55 Å². The van der Waals surface area contributed by atoms with E-state index in [4.69, 9.17) is 21.3 Å². The summed E-state index contributed by atoms with van der Waals surface area (Å²) >= 11 is 6.09. The van der Waals surface area contributed by atoms with Crippen molar-refractivity contribution in [2.24, 2.45) is 0 Å². The van der Waals surface area contributed by atoms with E-state index in [0.717, 1.165) is 62.9 Å². The number of benzene rings is 3. The first kappa shape index (κ1) is 22.6. The van der Waals surface area contributed by atoms with Gasteiger partial charge in [-0.1, -0.05) is 48.0 Å². The van der Waals surface area contributed by atoms with Gasteiger partial charge in [0, 0.05) is 33.6 Å². The van der Waals surface area contributed by atoms with Crippen LogP contribution in [0.2, 0.25) is 5.02 Å². The van der Waals surface area contributed by atoms with E-state index in [1.54, 1.807) is 0 Å². The number of ether oxygens (including phenoxy) is 1. The molecule has 5 aromatic rings. The van der Waals surface area contributed by atoms with Crippen molar-refractivity contribution in [3.8, 4) is 5.75 Å². The Kier molecular flexibility index (Phi) is 5.86. The van der Waals surface area contributed by atoms with E-state index in [2.05, 4.69) is 16.7 Å². The Labute approximate surface area is 213 Å². The number of pyridine rings is 1. The minimum atomic E-state index is -0.769. The number of halogens is 1. The molecule has 180 valence electrons. The van der Waals surface area contributed by atoms with E-state index in [9.17, 15) is 9.90 Å².